The van der Waals surface area contributed by atoms with Crippen LogP contribution in [-0.2, 0) is 28.9 Å². The van der Waals surface area contributed by atoms with Gasteiger partial charge >= 0.3 is 0 Å². The van der Waals surface area contributed by atoms with Crippen LogP contribution in [0.1, 0.15) is 16.7 Å². The Kier molecular flexibility index (Phi) is 5.06. The molecule has 0 bridgehead atoms. The zero-order valence-corrected chi connectivity index (χ0v) is 12.1. The first kappa shape index (κ1) is 15.6. The van der Waals surface area contributed by atoms with Crippen LogP contribution in [0.4, 0.5) is 4.39 Å². The Hall–Kier alpha value is -1.76. The van der Waals surface area contributed by atoms with Crippen LogP contribution in [0.2, 0.25) is 0 Å². The van der Waals surface area contributed by atoms with E-state index in [0.717, 1.165) is 5.56 Å². The van der Waals surface area contributed by atoms with E-state index in [0.29, 0.717) is 11.1 Å². The Balaban J connectivity index is 1.98. The summed E-state index contributed by atoms with van der Waals surface area (Å²) in [4.78, 5) is 0. The van der Waals surface area contributed by atoms with Gasteiger partial charge in [0.1, 0.15) is 5.82 Å². The highest BCUT2D eigenvalue weighted by Crippen LogP contribution is 2.09. The Morgan fingerprint density at radius 2 is 1.67 bits per heavy atom. The third-order valence-electron chi connectivity index (χ3n) is 2.95. The molecule has 0 radical (unpaired) electrons. The fourth-order valence-corrected chi connectivity index (χ4v) is 2.97. The molecular formula is C15H16FNO3S. The maximum atomic E-state index is 13.0. The van der Waals surface area contributed by atoms with Crippen LogP contribution >= 0.6 is 0 Å². The standard InChI is InChI=1S/C15H16FNO3S/c16-15-3-1-2-14(8-15)9-17-21(19,20)11-13-6-4-12(10-18)5-7-13/h1-8,17-18H,9-11H2. The van der Waals surface area contributed by atoms with E-state index in [1.165, 1.54) is 18.2 Å². The van der Waals surface area contributed by atoms with E-state index in [1.807, 2.05) is 0 Å². The van der Waals surface area contributed by atoms with Crippen molar-refractivity contribution in [2.75, 3.05) is 0 Å². The number of halogens is 1. The van der Waals surface area contributed by atoms with Gasteiger partial charge in [0.05, 0.1) is 12.4 Å². The van der Waals surface area contributed by atoms with E-state index < -0.39 is 15.8 Å². The van der Waals surface area contributed by atoms with Crippen LogP contribution < -0.4 is 4.72 Å². The number of rotatable bonds is 6. The largest absolute Gasteiger partial charge is 0.392 e. The summed E-state index contributed by atoms with van der Waals surface area (Å²) in [5.74, 6) is -0.556. The van der Waals surface area contributed by atoms with Gasteiger partial charge in [0.2, 0.25) is 10.0 Å². The van der Waals surface area contributed by atoms with Gasteiger partial charge in [0.15, 0.2) is 0 Å². The molecule has 0 unspecified atom stereocenters. The normalized spacial score (nSPS) is 11.5. The lowest BCUT2D eigenvalue weighted by Gasteiger charge is -2.07. The van der Waals surface area contributed by atoms with Gasteiger partial charge in [-0.3, -0.25) is 0 Å². The van der Waals surface area contributed by atoms with Gasteiger partial charge in [0.25, 0.3) is 0 Å². The number of aliphatic hydroxyl groups excluding tert-OH is 1. The maximum absolute atomic E-state index is 13.0. The minimum atomic E-state index is -3.50. The second-order valence-electron chi connectivity index (χ2n) is 4.68. The van der Waals surface area contributed by atoms with Crippen molar-refractivity contribution in [3.63, 3.8) is 0 Å². The van der Waals surface area contributed by atoms with Crippen molar-refractivity contribution in [2.45, 2.75) is 18.9 Å². The van der Waals surface area contributed by atoms with Crippen molar-refractivity contribution >= 4 is 10.0 Å². The highest BCUT2D eigenvalue weighted by Gasteiger charge is 2.11. The Bertz CT molecular complexity index is 699. The molecular weight excluding hydrogens is 293 g/mol. The van der Waals surface area contributed by atoms with Gasteiger partial charge in [-0.05, 0) is 28.8 Å². The summed E-state index contributed by atoms with van der Waals surface area (Å²) >= 11 is 0. The van der Waals surface area contributed by atoms with E-state index >= 15 is 0 Å². The van der Waals surface area contributed by atoms with E-state index in [-0.39, 0.29) is 18.9 Å². The van der Waals surface area contributed by atoms with E-state index in [9.17, 15) is 12.8 Å². The van der Waals surface area contributed by atoms with Crippen molar-refractivity contribution < 1.29 is 17.9 Å². The van der Waals surface area contributed by atoms with Crippen molar-refractivity contribution in [3.05, 3.63) is 71.0 Å². The first-order chi connectivity index (χ1) is 9.98. The second-order valence-corrected chi connectivity index (χ2v) is 6.49. The van der Waals surface area contributed by atoms with E-state index in [2.05, 4.69) is 4.72 Å². The molecule has 6 heteroatoms. The molecule has 0 aliphatic carbocycles. The van der Waals surface area contributed by atoms with E-state index in [1.54, 1.807) is 30.3 Å². The molecule has 112 valence electrons. The fourth-order valence-electron chi connectivity index (χ4n) is 1.85. The van der Waals surface area contributed by atoms with Gasteiger partial charge in [-0.25, -0.2) is 17.5 Å². The molecule has 2 aromatic carbocycles. The highest BCUT2D eigenvalue weighted by atomic mass is 32.2. The maximum Gasteiger partial charge on any atom is 0.216 e. The summed E-state index contributed by atoms with van der Waals surface area (Å²) in [5, 5.41) is 8.93. The van der Waals surface area contributed by atoms with Gasteiger partial charge in [0, 0.05) is 6.54 Å². The Morgan fingerprint density at radius 1 is 1.00 bits per heavy atom. The minimum absolute atomic E-state index is 0.0504. The summed E-state index contributed by atoms with van der Waals surface area (Å²) in [6.07, 6.45) is 0. The molecule has 0 fully saturated rings. The number of hydrogen-bond donors (Lipinski definition) is 2. The molecule has 4 nitrogen and oxygen atoms in total. The molecule has 2 N–H and O–H groups in total. The molecule has 0 spiro atoms. The molecule has 0 saturated carbocycles. The lowest BCUT2D eigenvalue weighted by Crippen LogP contribution is -2.24. The minimum Gasteiger partial charge on any atom is -0.392 e. The Morgan fingerprint density at radius 3 is 2.29 bits per heavy atom. The molecule has 0 amide bonds. The smallest absolute Gasteiger partial charge is 0.216 e. The Labute approximate surface area is 123 Å². The number of sulfonamides is 1. The number of nitrogens with one attached hydrogen (secondary N) is 1. The monoisotopic (exact) mass is 309 g/mol. The SMILES string of the molecule is O=S(=O)(Cc1ccc(CO)cc1)NCc1cccc(F)c1. The van der Waals surface area contributed by atoms with Crippen LogP contribution in [0.25, 0.3) is 0 Å². The lowest BCUT2D eigenvalue weighted by atomic mass is 10.2. The van der Waals surface area contributed by atoms with Crippen molar-refractivity contribution in [3.8, 4) is 0 Å². The third kappa shape index (κ3) is 4.93. The van der Waals surface area contributed by atoms with Crippen LogP contribution in [0.3, 0.4) is 0 Å². The van der Waals surface area contributed by atoms with Crippen molar-refractivity contribution in [2.24, 2.45) is 0 Å². The van der Waals surface area contributed by atoms with Crippen molar-refractivity contribution in [1.82, 2.24) is 4.72 Å². The second kappa shape index (κ2) is 6.80. The van der Waals surface area contributed by atoms with Crippen LogP contribution in [0, 0.1) is 5.82 Å². The molecule has 2 aromatic rings. The van der Waals surface area contributed by atoms with Gasteiger partial charge in [-0.2, -0.15) is 0 Å². The predicted molar refractivity (Wildman–Crippen MR) is 78.2 cm³/mol. The number of benzene rings is 2. The fraction of sp³-hybridized carbons (Fsp3) is 0.200. The number of aliphatic hydroxyl groups is 1. The highest BCUT2D eigenvalue weighted by molar-refractivity contribution is 7.88. The molecule has 21 heavy (non-hydrogen) atoms. The van der Waals surface area contributed by atoms with Crippen LogP contribution in [-0.4, -0.2) is 13.5 Å². The molecule has 2 rings (SSSR count). The third-order valence-corrected chi connectivity index (χ3v) is 4.25. The molecule has 0 atom stereocenters. The summed E-state index contributed by atoms with van der Waals surface area (Å²) in [5.41, 5.74) is 1.91. The average molecular weight is 309 g/mol. The zero-order chi connectivity index (χ0) is 15.3. The quantitative estimate of drug-likeness (QED) is 0.857. The predicted octanol–water partition coefficient (Wildman–Crippen LogP) is 1.94. The molecule has 0 aliphatic rings. The summed E-state index contributed by atoms with van der Waals surface area (Å²) in [6, 6.07) is 12.5. The van der Waals surface area contributed by atoms with Gasteiger partial charge in [-0.1, -0.05) is 36.4 Å². The van der Waals surface area contributed by atoms with Crippen LogP contribution in [0.15, 0.2) is 48.5 Å². The van der Waals surface area contributed by atoms with Gasteiger partial charge < -0.3 is 5.11 Å². The van der Waals surface area contributed by atoms with Crippen molar-refractivity contribution in [1.29, 1.82) is 0 Å². The summed E-state index contributed by atoms with van der Waals surface area (Å²) in [7, 11) is -3.50. The summed E-state index contributed by atoms with van der Waals surface area (Å²) in [6.45, 7) is -0.0281. The van der Waals surface area contributed by atoms with E-state index in [4.69, 9.17) is 5.11 Å². The first-order valence-electron chi connectivity index (χ1n) is 6.39. The summed E-state index contributed by atoms with van der Waals surface area (Å²) < 4.78 is 39.4. The number of hydrogen-bond acceptors (Lipinski definition) is 3. The van der Waals surface area contributed by atoms with Crippen LogP contribution in [0.5, 0.6) is 0 Å². The molecule has 0 saturated heterocycles. The molecule has 0 aliphatic heterocycles. The average Bonchev–Trinajstić information content (AvgIpc) is 2.46. The zero-order valence-electron chi connectivity index (χ0n) is 11.3. The lowest BCUT2D eigenvalue weighted by molar-refractivity contribution is 0.282. The topological polar surface area (TPSA) is 66.4 Å². The molecule has 0 heterocycles. The molecule has 0 aromatic heterocycles. The van der Waals surface area contributed by atoms with Gasteiger partial charge in [-0.15, -0.1) is 0 Å². The first-order valence-corrected chi connectivity index (χ1v) is 8.04.